The zero-order valence-electron chi connectivity index (χ0n) is 16.8. The topological polar surface area (TPSA) is 42.9 Å². The van der Waals surface area contributed by atoms with E-state index in [1.54, 1.807) is 0 Å². The average molecular weight is 465 g/mol. The van der Waals surface area contributed by atoms with E-state index in [2.05, 4.69) is 48.3 Å². The number of hydrogen-bond donors (Lipinski definition) is 2. The van der Waals surface area contributed by atoms with Crippen molar-refractivity contribution in [3.8, 4) is 0 Å². The predicted octanol–water partition coefficient (Wildman–Crippen LogP) is 2.91. The van der Waals surface area contributed by atoms with Crippen LogP contribution in [0.4, 0.5) is 0 Å². The van der Waals surface area contributed by atoms with Crippen LogP contribution in [0.15, 0.2) is 4.99 Å². The summed E-state index contributed by atoms with van der Waals surface area (Å²) in [7, 11) is 2.25. The lowest BCUT2D eigenvalue weighted by molar-refractivity contribution is 0.0208. The van der Waals surface area contributed by atoms with Crippen molar-refractivity contribution in [2.45, 2.75) is 70.9 Å². The molecular weight excluding hydrogens is 425 g/mol. The number of rotatable bonds is 6. The van der Waals surface area contributed by atoms with Gasteiger partial charge in [-0.1, -0.05) is 13.3 Å². The number of nitrogens with zero attached hydrogens (tertiary/aromatic N) is 3. The summed E-state index contributed by atoms with van der Waals surface area (Å²) in [4.78, 5) is 10.3. The second kappa shape index (κ2) is 11.6. The van der Waals surface area contributed by atoms with Gasteiger partial charge in [-0.3, -0.25) is 9.89 Å². The van der Waals surface area contributed by atoms with E-state index in [1.165, 1.54) is 58.3 Å². The molecule has 1 unspecified atom stereocenters. The van der Waals surface area contributed by atoms with E-state index >= 15 is 0 Å². The minimum atomic E-state index is 0. The van der Waals surface area contributed by atoms with Crippen molar-refractivity contribution in [3.05, 3.63) is 0 Å². The molecule has 6 heteroatoms. The van der Waals surface area contributed by atoms with Gasteiger partial charge < -0.3 is 15.5 Å². The maximum absolute atomic E-state index is 5.03. The van der Waals surface area contributed by atoms with Crippen molar-refractivity contribution >= 4 is 29.9 Å². The van der Waals surface area contributed by atoms with Gasteiger partial charge in [0.15, 0.2) is 5.96 Å². The molecular formula is C19H40IN5. The first-order valence-corrected chi connectivity index (χ1v) is 10.1. The molecule has 0 aliphatic carbocycles. The summed E-state index contributed by atoms with van der Waals surface area (Å²) in [6.45, 7) is 13.3. The lowest BCUT2D eigenvalue weighted by atomic mass is 9.84. The number of nitrogens with one attached hydrogen (secondary N) is 2. The number of hydrogen-bond acceptors (Lipinski definition) is 3. The highest BCUT2D eigenvalue weighted by Gasteiger charge is 2.39. The van der Waals surface area contributed by atoms with Crippen molar-refractivity contribution in [1.29, 1.82) is 0 Å². The molecule has 2 rings (SSSR count). The van der Waals surface area contributed by atoms with Gasteiger partial charge in [0.1, 0.15) is 0 Å². The molecule has 0 saturated carbocycles. The van der Waals surface area contributed by atoms with Gasteiger partial charge in [-0.05, 0) is 79.2 Å². The van der Waals surface area contributed by atoms with E-state index in [0.29, 0.717) is 6.04 Å². The van der Waals surface area contributed by atoms with Crippen LogP contribution >= 0.6 is 24.0 Å². The molecule has 2 fully saturated rings. The van der Waals surface area contributed by atoms with Gasteiger partial charge >= 0.3 is 0 Å². The molecule has 2 N–H and O–H groups in total. The first kappa shape index (κ1) is 23.0. The minimum absolute atomic E-state index is 0. The SMILES string of the molecule is CCNC(=NCC1(N2CCCCC2)CCN(C)CC1)NC(C)CC.I. The summed E-state index contributed by atoms with van der Waals surface area (Å²) < 4.78 is 0. The Kier molecular flexibility index (Phi) is 10.6. The second-order valence-corrected chi connectivity index (χ2v) is 7.72. The van der Waals surface area contributed by atoms with Crippen LogP contribution in [0.5, 0.6) is 0 Å². The Labute approximate surface area is 172 Å². The smallest absolute Gasteiger partial charge is 0.191 e. The lowest BCUT2D eigenvalue weighted by Crippen LogP contribution is -2.58. The molecule has 2 heterocycles. The van der Waals surface area contributed by atoms with Gasteiger partial charge in [0.05, 0.1) is 6.54 Å². The van der Waals surface area contributed by atoms with Crippen molar-refractivity contribution in [2.75, 3.05) is 46.3 Å². The molecule has 0 radical (unpaired) electrons. The van der Waals surface area contributed by atoms with Crippen LogP contribution in [0.25, 0.3) is 0 Å². The summed E-state index contributed by atoms with van der Waals surface area (Å²) >= 11 is 0. The highest BCUT2D eigenvalue weighted by Crippen LogP contribution is 2.31. The minimum Gasteiger partial charge on any atom is -0.357 e. The summed E-state index contributed by atoms with van der Waals surface area (Å²) in [5.41, 5.74) is 0.269. The van der Waals surface area contributed by atoms with E-state index in [0.717, 1.165) is 25.5 Å². The van der Waals surface area contributed by atoms with Crippen LogP contribution in [0.2, 0.25) is 0 Å². The van der Waals surface area contributed by atoms with Crippen molar-refractivity contribution in [1.82, 2.24) is 20.4 Å². The zero-order valence-corrected chi connectivity index (χ0v) is 19.1. The third-order valence-electron chi connectivity index (χ3n) is 5.82. The van der Waals surface area contributed by atoms with Gasteiger partial charge in [-0.15, -0.1) is 24.0 Å². The van der Waals surface area contributed by atoms with Crippen molar-refractivity contribution in [3.63, 3.8) is 0 Å². The fourth-order valence-corrected chi connectivity index (χ4v) is 3.86. The molecule has 0 aromatic rings. The molecule has 1 atom stereocenters. The monoisotopic (exact) mass is 465 g/mol. The Morgan fingerprint density at radius 2 is 1.72 bits per heavy atom. The third kappa shape index (κ3) is 6.86. The van der Waals surface area contributed by atoms with Gasteiger partial charge in [-0.2, -0.15) is 0 Å². The summed E-state index contributed by atoms with van der Waals surface area (Å²) in [6, 6.07) is 0.464. The first-order valence-electron chi connectivity index (χ1n) is 10.1. The number of guanidine groups is 1. The Morgan fingerprint density at radius 3 is 2.28 bits per heavy atom. The fourth-order valence-electron chi connectivity index (χ4n) is 3.86. The third-order valence-corrected chi connectivity index (χ3v) is 5.82. The molecule has 0 amide bonds. The van der Waals surface area contributed by atoms with Crippen LogP contribution in [-0.4, -0.2) is 73.7 Å². The molecule has 5 nitrogen and oxygen atoms in total. The summed E-state index contributed by atoms with van der Waals surface area (Å²) in [6.07, 6.45) is 7.71. The standard InChI is InChI=1S/C19H39N5.HI/c1-5-17(3)22-18(20-6-2)21-16-19(10-14-23(4)15-11-19)24-12-8-7-9-13-24;/h17H,5-16H2,1-4H3,(H2,20,21,22);1H. The van der Waals surface area contributed by atoms with Crippen LogP contribution in [0.3, 0.4) is 0 Å². The number of piperidine rings is 2. The molecule has 2 aliphatic heterocycles. The summed E-state index contributed by atoms with van der Waals surface area (Å²) in [5.74, 6) is 0.988. The molecule has 2 aliphatic rings. The number of aliphatic imine (C=N–C) groups is 1. The molecule has 0 spiro atoms. The molecule has 0 aromatic carbocycles. The van der Waals surface area contributed by atoms with E-state index in [-0.39, 0.29) is 29.5 Å². The Morgan fingerprint density at radius 1 is 1.08 bits per heavy atom. The fraction of sp³-hybridized carbons (Fsp3) is 0.947. The first-order chi connectivity index (χ1) is 11.6. The number of halogens is 1. The maximum Gasteiger partial charge on any atom is 0.191 e. The van der Waals surface area contributed by atoms with Crippen LogP contribution in [0, 0.1) is 0 Å². The van der Waals surface area contributed by atoms with E-state index < -0.39 is 0 Å². The largest absolute Gasteiger partial charge is 0.357 e. The van der Waals surface area contributed by atoms with Crippen LogP contribution in [-0.2, 0) is 0 Å². The molecule has 148 valence electrons. The lowest BCUT2D eigenvalue weighted by Gasteiger charge is -2.49. The molecule has 0 aromatic heterocycles. The van der Waals surface area contributed by atoms with Crippen LogP contribution < -0.4 is 10.6 Å². The summed E-state index contributed by atoms with van der Waals surface area (Å²) in [5, 5.41) is 6.97. The Balaban J connectivity index is 0.00000312. The van der Waals surface area contributed by atoms with E-state index in [9.17, 15) is 0 Å². The molecule has 0 bridgehead atoms. The van der Waals surface area contributed by atoms with Gasteiger partial charge in [0.2, 0.25) is 0 Å². The number of likely N-dealkylation sites (tertiary alicyclic amines) is 2. The van der Waals surface area contributed by atoms with E-state index in [1.807, 2.05) is 0 Å². The average Bonchev–Trinajstić information content (AvgIpc) is 2.62. The maximum atomic E-state index is 5.03. The zero-order chi connectivity index (χ0) is 17.4. The van der Waals surface area contributed by atoms with Gasteiger partial charge in [-0.25, -0.2) is 0 Å². The molecule has 25 heavy (non-hydrogen) atoms. The predicted molar refractivity (Wildman–Crippen MR) is 119 cm³/mol. The normalized spacial score (nSPS) is 23.6. The highest BCUT2D eigenvalue weighted by atomic mass is 127. The van der Waals surface area contributed by atoms with Crippen LogP contribution in [0.1, 0.15) is 59.3 Å². The van der Waals surface area contributed by atoms with Crippen molar-refractivity contribution in [2.24, 2.45) is 4.99 Å². The Bertz CT molecular complexity index is 387. The Hall–Kier alpha value is -0.0800. The van der Waals surface area contributed by atoms with Gasteiger partial charge in [0, 0.05) is 18.1 Å². The highest BCUT2D eigenvalue weighted by molar-refractivity contribution is 14.0. The van der Waals surface area contributed by atoms with Crippen molar-refractivity contribution < 1.29 is 0 Å². The molecule has 2 saturated heterocycles. The van der Waals surface area contributed by atoms with E-state index in [4.69, 9.17) is 4.99 Å². The second-order valence-electron chi connectivity index (χ2n) is 7.72. The quantitative estimate of drug-likeness (QED) is 0.360. The van der Waals surface area contributed by atoms with Gasteiger partial charge in [0.25, 0.3) is 0 Å².